The van der Waals surface area contributed by atoms with Gasteiger partial charge in [0.1, 0.15) is 11.2 Å². The number of fused-ring (bicyclic) bond motifs is 10. The summed E-state index contributed by atoms with van der Waals surface area (Å²) in [5, 5.41) is 9.51. The smallest absolute Gasteiger partial charge is 0.143 e. The van der Waals surface area contributed by atoms with Gasteiger partial charge in [0.25, 0.3) is 0 Å². The monoisotopic (exact) mass is 877 g/mol. The molecule has 1 heterocycles. The molecule has 1 aromatic heterocycles. The van der Waals surface area contributed by atoms with Gasteiger partial charge in [0.05, 0.1) is 11.1 Å². The third-order valence-electron chi connectivity index (χ3n) is 14.7. The largest absolute Gasteiger partial charge is 0.455 e. The lowest BCUT2D eigenvalue weighted by atomic mass is 9.67. The molecule has 1 aliphatic rings. The first-order valence-corrected chi connectivity index (χ1v) is 23.8. The van der Waals surface area contributed by atoms with Gasteiger partial charge in [-0.3, -0.25) is 0 Å². The number of nitrogens with zero attached hydrogens (tertiary/aromatic N) is 1. The molecule has 69 heavy (non-hydrogen) atoms. The predicted molar refractivity (Wildman–Crippen MR) is 289 cm³/mol. The quantitative estimate of drug-likeness (QED) is 0.148. The van der Waals surface area contributed by atoms with E-state index in [0.717, 1.165) is 50.1 Å². The van der Waals surface area contributed by atoms with Gasteiger partial charge in [0.2, 0.25) is 0 Å². The Hall–Kier alpha value is -8.98. The van der Waals surface area contributed by atoms with Crippen molar-refractivity contribution in [2.24, 2.45) is 0 Å². The van der Waals surface area contributed by atoms with Crippen molar-refractivity contribution in [1.29, 1.82) is 0 Å². The normalized spacial score (nSPS) is 12.8. The summed E-state index contributed by atoms with van der Waals surface area (Å²) in [5.74, 6) is 0. The molecule has 13 aromatic rings. The molecule has 0 bridgehead atoms. The standard InChI is InChI=1S/C67H43NO/c1-2-20-46(21-3-1)67(61-33-13-10-25-54(61)55-26-11-14-34-62(55)67)47-38-42-49(43-39-47)68(48-40-36-45(37-41-48)51-30-17-32-60-56-27-12-15-35-63(56)69-66(51)60)65-59-29-9-7-24-53(59)52-23-6-8-28-58(52)64(65)57-31-16-19-44-18-4-5-22-50(44)57/h1-43H. The van der Waals surface area contributed by atoms with Crippen LogP contribution in [-0.2, 0) is 5.41 Å². The summed E-state index contributed by atoms with van der Waals surface area (Å²) < 4.78 is 6.57. The van der Waals surface area contributed by atoms with Gasteiger partial charge in [-0.15, -0.1) is 0 Å². The van der Waals surface area contributed by atoms with Crippen LogP contribution in [0.3, 0.4) is 0 Å². The highest BCUT2D eigenvalue weighted by Gasteiger charge is 2.46. The van der Waals surface area contributed by atoms with Gasteiger partial charge >= 0.3 is 0 Å². The van der Waals surface area contributed by atoms with Crippen LogP contribution in [0.2, 0.25) is 0 Å². The molecule has 0 spiro atoms. The lowest BCUT2D eigenvalue weighted by molar-refractivity contribution is 0.670. The van der Waals surface area contributed by atoms with Gasteiger partial charge in [0.15, 0.2) is 0 Å². The highest BCUT2D eigenvalue weighted by atomic mass is 16.3. The Kier molecular flexibility index (Phi) is 8.84. The van der Waals surface area contributed by atoms with Crippen molar-refractivity contribution < 1.29 is 4.42 Å². The second-order valence-electron chi connectivity index (χ2n) is 18.3. The molecule has 1 aliphatic carbocycles. The first kappa shape index (κ1) is 39.2. The van der Waals surface area contributed by atoms with Crippen molar-refractivity contribution in [3.8, 4) is 33.4 Å². The van der Waals surface area contributed by atoms with E-state index in [1.54, 1.807) is 0 Å². The van der Waals surface area contributed by atoms with E-state index < -0.39 is 5.41 Å². The molecule has 0 fully saturated rings. The maximum Gasteiger partial charge on any atom is 0.143 e. The molecule has 2 nitrogen and oxygen atoms in total. The van der Waals surface area contributed by atoms with Gasteiger partial charge in [-0.2, -0.15) is 0 Å². The summed E-state index contributed by atoms with van der Waals surface area (Å²) in [5.41, 5.74) is 16.7. The highest BCUT2D eigenvalue weighted by Crippen LogP contribution is 2.57. The van der Waals surface area contributed by atoms with Crippen LogP contribution in [0.4, 0.5) is 17.1 Å². The highest BCUT2D eigenvalue weighted by molar-refractivity contribution is 6.24. The van der Waals surface area contributed by atoms with Crippen molar-refractivity contribution in [2.45, 2.75) is 5.41 Å². The molecule has 0 saturated carbocycles. The van der Waals surface area contributed by atoms with Crippen molar-refractivity contribution >= 4 is 71.3 Å². The van der Waals surface area contributed by atoms with Crippen LogP contribution in [0.15, 0.2) is 265 Å². The summed E-state index contributed by atoms with van der Waals surface area (Å²) in [6.07, 6.45) is 0. The zero-order valence-corrected chi connectivity index (χ0v) is 37.7. The number of anilines is 3. The van der Waals surface area contributed by atoms with Crippen molar-refractivity contribution in [3.63, 3.8) is 0 Å². The zero-order chi connectivity index (χ0) is 45.5. The molecular formula is C67H43NO. The molecular weight excluding hydrogens is 835 g/mol. The van der Waals surface area contributed by atoms with Gasteiger partial charge in [-0.05, 0) is 102 Å². The lowest BCUT2D eigenvalue weighted by Gasteiger charge is -2.35. The first-order valence-electron chi connectivity index (χ1n) is 23.8. The minimum absolute atomic E-state index is 0.513. The summed E-state index contributed by atoms with van der Waals surface area (Å²) in [4.78, 5) is 2.51. The van der Waals surface area contributed by atoms with E-state index in [1.807, 2.05) is 6.07 Å². The van der Waals surface area contributed by atoms with E-state index in [2.05, 4.69) is 260 Å². The fourth-order valence-electron chi connectivity index (χ4n) is 11.8. The van der Waals surface area contributed by atoms with E-state index in [0.29, 0.717) is 0 Å². The Morgan fingerprint density at radius 2 is 0.783 bits per heavy atom. The maximum absolute atomic E-state index is 6.57. The molecule has 14 rings (SSSR count). The number of hydrogen-bond donors (Lipinski definition) is 0. The summed E-state index contributed by atoms with van der Waals surface area (Å²) >= 11 is 0. The fraction of sp³-hybridized carbons (Fsp3) is 0.0149. The molecule has 322 valence electrons. The van der Waals surface area contributed by atoms with Crippen LogP contribution in [0.1, 0.15) is 22.3 Å². The Balaban J connectivity index is 1.04. The van der Waals surface area contributed by atoms with Gasteiger partial charge < -0.3 is 9.32 Å². The number of hydrogen-bond acceptors (Lipinski definition) is 2. The maximum atomic E-state index is 6.57. The van der Waals surface area contributed by atoms with Gasteiger partial charge in [0, 0.05) is 38.7 Å². The Morgan fingerprint density at radius 3 is 1.51 bits per heavy atom. The minimum Gasteiger partial charge on any atom is -0.455 e. The summed E-state index contributed by atoms with van der Waals surface area (Å²) in [6.45, 7) is 0. The Labute approximate surface area is 400 Å². The average Bonchev–Trinajstić information content (AvgIpc) is 3.96. The lowest BCUT2D eigenvalue weighted by Crippen LogP contribution is -2.28. The van der Waals surface area contributed by atoms with Crippen molar-refractivity contribution in [3.05, 3.63) is 283 Å². The van der Waals surface area contributed by atoms with Crippen LogP contribution >= 0.6 is 0 Å². The average molecular weight is 878 g/mol. The topological polar surface area (TPSA) is 16.4 Å². The molecule has 0 atom stereocenters. The number of para-hydroxylation sites is 2. The molecule has 0 radical (unpaired) electrons. The van der Waals surface area contributed by atoms with Crippen molar-refractivity contribution in [2.75, 3.05) is 4.90 Å². The summed E-state index contributed by atoms with van der Waals surface area (Å²) in [6, 6.07) is 95.8. The van der Waals surface area contributed by atoms with Gasteiger partial charge in [-0.1, -0.05) is 231 Å². The Morgan fingerprint density at radius 1 is 0.304 bits per heavy atom. The fourth-order valence-corrected chi connectivity index (χ4v) is 11.8. The molecule has 0 aliphatic heterocycles. The van der Waals surface area contributed by atoms with Gasteiger partial charge in [-0.25, -0.2) is 0 Å². The minimum atomic E-state index is -0.513. The van der Waals surface area contributed by atoms with E-state index >= 15 is 0 Å². The third kappa shape index (κ3) is 5.86. The number of furan rings is 1. The van der Waals surface area contributed by atoms with Crippen LogP contribution < -0.4 is 4.90 Å². The molecule has 0 N–H and O–H groups in total. The van der Waals surface area contributed by atoms with E-state index in [1.165, 1.54) is 76.8 Å². The molecule has 0 unspecified atom stereocenters. The predicted octanol–water partition coefficient (Wildman–Crippen LogP) is 18.2. The van der Waals surface area contributed by atoms with Crippen LogP contribution in [0.25, 0.3) is 87.6 Å². The van der Waals surface area contributed by atoms with E-state index in [9.17, 15) is 0 Å². The molecule has 2 heteroatoms. The first-order chi connectivity index (χ1) is 34.3. The molecule has 0 amide bonds. The molecule has 0 saturated heterocycles. The SMILES string of the molecule is c1ccc(C2(c3ccc(N(c4ccc(-c5cccc6c5oc5ccccc56)cc4)c4c(-c5cccc6ccccc56)c5ccccc5c5ccccc45)cc3)c3ccccc3-c3ccccc32)cc1. The second kappa shape index (κ2) is 15.6. The summed E-state index contributed by atoms with van der Waals surface area (Å²) in [7, 11) is 0. The Bertz CT molecular complexity index is 4080. The molecule has 12 aromatic carbocycles. The number of benzene rings is 12. The van der Waals surface area contributed by atoms with Crippen LogP contribution in [0.5, 0.6) is 0 Å². The van der Waals surface area contributed by atoms with E-state index in [-0.39, 0.29) is 0 Å². The van der Waals surface area contributed by atoms with Crippen LogP contribution in [-0.4, -0.2) is 0 Å². The second-order valence-corrected chi connectivity index (χ2v) is 18.3. The zero-order valence-electron chi connectivity index (χ0n) is 37.7. The van der Waals surface area contributed by atoms with Crippen molar-refractivity contribution in [1.82, 2.24) is 0 Å². The third-order valence-corrected chi connectivity index (χ3v) is 14.7. The van der Waals surface area contributed by atoms with Crippen LogP contribution in [0, 0.1) is 0 Å². The number of rotatable bonds is 7. The van der Waals surface area contributed by atoms with E-state index in [4.69, 9.17) is 4.42 Å².